The van der Waals surface area contributed by atoms with Gasteiger partial charge >= 0.3 is 12.0 Å². The molecule has 0 radical (unpaired) electrons. The second-order valence-electron chi connectivity index (χ2n) is 2.56. The van der Waals surface area contributed by atoms with E-state index in [4.69, 9.17) is 15.1 Å². The average Bonchev–Trinajstić information content (AvgIpc) is 2.33. The van der Waals surface area contributed by atoms with Crippen LogP contribution >= 0.6 is 0 Å². The zero-order valence-corrected chi connectivity index (χ0v) is 7.01. The number of carbonyl (C=O) groups excluding carboxylic acids is 1. The summed E-state index contributed by atoms with van der Waals surface area (Å²) in [6, 6.07) is -1.50. The predicted molar refractivity (Wildman–Crippen MR) is 42.9 cm³/mol. The second kappa shape index (κ2) is 5.33. The third kappa shape index (κ3) is 4.99. The number of hydroxylamine groups is 2. The van der Waals surface area contributed by atoms with Crippen LogP contribution in [0.1, 0.15) is 12.8 Å². The Kier molecular flexibility index (Phi) is 4.78. The molecular formula is C6H13N3O4. The molecule has 2 amide bonds. The summed E-state index contributed by atoms with van der Waals surface area (Å²) in [5, 5.41) is 18.1. The molecule has 13 heavy (non-hydrogen) atoms. The van der Waals surface area contributed by atoms with Gasteiger partial charge in [-0.2, -0.15) is 5.06 Å². The lowest BCUT2D eigenvalue weighted by Crippen LogP contribution is -2.32. The topological polar surface area (TPSA) is 130 Å². The minimum Gasteiger partial charge on any atom is -0.480 e. The Balaban J connectivity index is 0.000000310. The Morgan fingerprint density at radius 3 is 2.00 bits per heavy atom. The van der Waals surface area contributed by atoms with Crippen molar-refractivity contribution in [3.63, 3.8) is 0 Å². The van der Waals surface area contributed by atoms with Gasteiger partial charge in [0.2, 0.25) is 0 Å². The molecule has 1 atom stereocenters. The molecule has 1 fully saturated rings. The van der Waals surface area contributed by atoms with E-state index in [0.29, 0.717) is 13.0 Å². The maximum atomic E-state index is 10.2. The predicted octanol–water partition coefficient (Wildman–Crippen LogP) is -1.05. The number of carboxylic acid groups (broad SMARTS) is 1. The summed E-state index contributed by atoms with van der Waals surface area (Å²) >= 11 is 0. The molecule has 6 N–H and O–H groups in total. The van der Waals surface area contributed by atoms with Gasteiger partial charge in [0.05, 0.1) is 0 Å². The molecule has 0 bridgehead atoms. The van der Waals surface area contributed by atoms with Crippen molar-refractivity contribution >= 4 is 12.0 Å². The van der Waals surface area contributed by atoms with Crippen LogP contribution in [0.5, 0.6) is 0 Å². The van der Waals surface area contributed by atoms with Gasteiger partial charge in [0.1, 0.15) is 6.04 Å². The number of hydrogen-bond donors (Lipinski definition) is 4. The zero-order chi connectivity index (χ0) is 10.4. The summed E-state index contributed by atoms with van der Waals surface area (Å²) in [5.41, 5.74) is 8.50. The molecule has 0 aliphatic carbocycles. The number of hydrogen-bond acceptors (Lipinski definition) is 4. The maximum Gasteiger partial charge on any atom is 0.323 e. The van der Waals surface area contributed by atoms with Crippen molar-refractivity contribution in [1.82, 2.24) is 5.06 Å². The number of urea groups is 1. The highest BCUT2D eigenvalue weighted by Crippen LogP contribution is 2.13. The molecule has 1 heterocycles. The number of carboxylic acids is 1. The Morgan fingerprint density at radius 1 is 1.38 bits per heavy atom. The number of nitrogens with two attached hydrogens (primary N) is 2. The standard InChI is InChI=1S/C5H9NO3.CH4N2O/c7-5(8)4-2-1-3-6(4)9;2-1(3)4/h4,9H,1-3H2,(H,7,8);(H4,2,3,4). The number of rotatable bonds is 1. The molecule has 0 aromatic heterocycles. The first-order chi connectivity index (χ1) is 5.95. The number of nitrogens with zero attached hydrogens (tertiary/aromatic N) is 1. The third-order valence-electron chi connectivity index (χ3n) is 1.51. The molecule has 76 valence electrons. The van der Waals surface area contributed by atoms with Crippen LogP contribution in [0, 0.1) is 0 Å². The van der Waals surface area contributed by atoms with Crippen LogP contribution in [0.15, 0.2) is 0 Å². The third-order valence-corrected chi connectivity index (χ3v) is 1.51. The Hall–Kier alpha value is -1.34. The summed E-state index contributed by atoms with van der Waals surface area (Å²) in [6.07, 6.45) is 1.33. The van der Waals surface area contributed by atoms with Crippen LogP contribution in [0.4, 0.5) is 4.79 Å². The van der Waals surface area contributed by atoms with Crippen LogP contribution in [-0.2, 0) is 4.79 Å². The van der Waals surface area contributed by atoms with E-state index in [-0.39, 0.29) is 0 Å². The van der Waals surface area contributed by atoms with Gasteiger partial charge in [0.25, 0.3) is 0 Å². The minimum absolute atomic E-state index is 0.483. The van der Waals surface area contributed by atoms with Gasteiger partial charge in [0, 0.05) is 6.54 Å². The lowest BCUT2D eigenvalue weighted by molar-refractivity contribution is -0.160. The fourth-order valence-electron chi connectivity index (χ4n) is 1.00. The van der Waals surface area contributed by atoms with E-state index in [1.165, 1.54) is 0 Å². The van der Waals surface area contributed by atoms with Crippen molar-refractivity contribution in [2.24, 2.45) is 11.5 Å². The summed E-state index contributed by atoms with van der Waals surface area (Å²) in [6.45, 7) is 0.483. The van der Waals surface area contributed by atoms with E-state index in [2.05, 4.69) is 11.5 Å². The molecule has 1 aliphatic heterocycles. The second-order valence-corrected chi connectivity index (χ2v) is 2.56. The molecule has 0 saturated carbocycles. The number of aliphatic carboxylic acids is 1. The average molecular weight is 191 g/mol. The number of amides is 2. The van der Waals surface area contributed by atoms with E-state index in [1.807, 2.05) is 0 Å². The first-order valence-corrected chi connectivity index (χ1v) is 3.68. The van der Waals surface area contributed by atoms with E-state index in [1.54, 1.807) is 0 Å². The van der Waals surface area contributed by atoms with Gasteiger partial charge in [-0.25, -0.2) is 4.79 Å². The summed E-state index contributed by atoms with van der Waals surface area (Å²) < 4.78 is 0. The van der Waals surface area contributed by atoms with Crippen molar-refractivity contribution in [2.45, 2.75) is 18.9 Å². The molecule has 1 saturated heterocycles. The normalized spacial score (nSPS) is 21.8. The van der Waals surface area contributed by atoms with Gasteiger partial charge in [0.15, 0.2) is 0 Å². The molecule has 1 rings (SSSR count). The van der Waals surface area contributed by atoms with Gasteiger partial charge in [-0.15, -0.1) is 0 Å². The lowest BCUT2D eigenvalue weighted by atomic mass is 10.2. The van der Waals surface area contributed by atoms with Crippen molar-refractivity contribution in [1.29, 1.82) is 0 Å². The monoisotopic (exact) mass is 191 g/mol. The zero-order valence-electron chi connectivity index (χ0n) is 7.01. The van der Waals surface area contributed by atoms with Crippen molar-refractivity contribution < 1.29 is 19.9 Å². The highest BCUT2D eigenvalue weighted by molar-refractivity contribution is 5.73. The van der Waals surface area contributed by atoms with E-state index < -0.39 is 18.0 Å². The molecule has 0 aromatic carbocycles. The van der Waals surface area contributed by atoms with Gasteiger partial charge in [-0.1, -0.05) is 0 Å². The number of carbonyl (C=O) groups is 2. The van der Waals surface area contributed by atoms with Crippen molar-refractivity contribution in [3.05, 3.63) is 0 Å². The summed E-state index contributed by atoms with van der Waals surface area (Å²) in [7, 11) is 0. The highest BCUT2D eigenvalue weighted by Gasteiger charge is 2.28. The van der Waals surface area contributed by atoms with Crippen LogP contribution < -0.4 is 11.5 Å². The van der Waals surface area contributed by atoms with Crippen LogP contribution in [-0.4, -0.2) is 40.0 Å². The van der Waals surface area contributed by atoms with Gasteiger partial charge < -0.3 is 21.8 Å². The van der Waals surface area contributed by atoms with Gasteiger partial charge in [-0.05, 0) is 12.8 Å². The van der Waals surface area contributed by atoms with Crippen molar-refractivity contribution in [3.8, 4) is 0 Å². The Morgan fingerprint density at radius 2 is 1.85 bits per heavy atom. The van der Waals surface area contributed by atoms with E-state index in [9.17, 15) is 4.79 Å². The fraction of sp³-hybridized carbons (Fsp3) is 0.667. The van der Waals surface area contributed by atoms with Crippen molar-refractivity contribution in [2.75, 3.05) is 6.54 Å². The minimum atomic E-state index is -0.935. The van der Waals surface area contributed by atoms with Crippen LogP contribution in [0.25, 0.3) is 0 Å². The SMILES string of the molecule is NC(N)=O.O=C(O)C1CCCN1O. The fourth-order valence-corrected chi connectivity index (χ4v) is 1.00. The van der Waals surface area contributed by atoms with Crippen LogP contribution in [0.3, 0.4) is 0 Å². The Bertz CT molecular complexity index is 192. The Labute approximate surface area is 74.9 Å². The molecular weight excluding hydrogens is 178 g/mol. The number of primary amides is 2. The molecule has 0 aromatic rings. The maximum absolute atomic E-state index is 10.2. The molecule has 0 spiro atoms. The summed E-state index contributed by atoms with van der Waals surface area (Å²) in [4.78, 5) is 19.2. The lowest BCUT2D eigenvalue weighted by Gasteiger charge is -2.11. The van der Waals surface area contributed by atoms with Gasteiger partial charge in [-0.3, -0.25) is 4.79 Å². The molecule has 7 heteroatoms. The van der Waals surface area contributed by atoms with E-state index >= 15 is 0 Å². The molecule has 7 nitrogen and oxygen atoms in total. The van der Waals surface area contributed by atoms with E-state index in [0.717, 1.165) is 11.5 Å². The summed E-state index contributed by atoms with van der Waals surface area (Å²) in [5.74, 6) is -0.935. The quantitative estimate of drug-likeness (QED) is 0.420. The first-order valence-electron chi connectivity index (χ1n) is 3.68. The molecule has 1 unspecified atom stereocenters. The highest BCUT2D eigenvalue weighted by atomic mass is 16.5. The van der Waals surface area contributed by atoms with Crippen LogP contribution in [0.2, 0.25) is 0 Å². The molecule has 1 aliphatic rings. The first kappa shape index (κ1) is 11.7. The largest absolute Gasteiger partial charge is 0.480 e. The smallest absolute Gasteiger partial charge is 0.323 e.